The summed E-state index contributed by atoms with van der Waals surface area (Å²) in [5.41, 5.74) is 1.82. The molecule has 0 N–H and O–H groups in total. The first-order valence-electron chi connectivity index (χ1n) is 5.23. The van der Waals surface area contributed by atoms with Crippen molar-refractivity contribution in [3.8, 4) is 6.07 Å². The molecule has 0 radical (unpaired) electrons. The second kappa shape index (κ2) is 4.24. The van der Waals surface area contributed by atoms with Crippen LogP contribution in [-0.2, 0) is 0 Å². The van der Waals surface area contributed by atoms with Gasteiger partial charge in [-0.3, -0.25) is 0 Å². The molecular weight excluding hydrogens is 252 g/mol. The Morgan fingerprint density at radius 3 is 2.80 bits per heavy atom. The van der Waals surface area contributed by atoms with Gasteiger partial charge in [0.05, 0.1) is 11.3 Å². The van der Waals surface area contributed by atoms with Gasteiger partial charge in [-0.05, 0) is 47.8 Å². The van der Waals surface area contributed by atoms with Gasteiger partial charge in [0.1, 0.15) is 6.07 Å². The van der Waals surface area contributed by atoms with Gasteiger partial charge in [-0.1, -0.05) is 6.07 Å². The van der Waals surface area contributed by atoms with Crippen molar-refractivity contribution in [1.29, 1.82) is 5.26 Å². The molecule has 1 aromatic rings. The zero-order chi connectivity index (χ0) is 10.8. The molecule has 1 aliphatic carbocycles. The Bertz CT molecular complexity index is 405. The molecule has 15 heavy (non-hydrogen) atoms. The fraction of sp³-hybridized carbons (Fsp3) is 0.417. The van der Waals surface area contributed by atoms with Crippen LogP contribution >= 0.6 is 15.9 Å². The summed E-state index contributed by atoms with van der Waals surface area (Å²) in [6.07, 6.45) is 2.51. The predicted octanol–water partition coefficient (Wildman–Crippen LogP) is 3.31. The number of benzene rings is 1. The van der Waals surface area contributed by atoms with E-state index in [9.17, 15) is 0 Å². The first kappa shape index (κ1) is 10.5. The van der Waals surface area contributed by atoms with Crippen molar-refractivity contribution in [3.63, 3.8) is 0 Å². The number of anilines is 1. The minimum absolute atomic E-state index is 0.649. The topological polar surface area (TPSA) is 27.0 Å². The van der Waals surface area contributed by atoms with Gasteiger partial charge in [0.15, 0.2) is 0 Å². The third-order valence-corrected chi connectivity index (χ3v) is 3.40. The maximum absolute atomic E-state index is 9.14. The van der Waals surface area contributed by atoms with Crippen molar-refractivity contribution in [3.05, 3.63) is 28.2 Å². The zero-order valence-electron chi connectivity index (χ0n) is 8.70. The summed E-state index contributed by atoms with van der Waals surface area (Å²) in [7, 11) is 0. The van der Waals surface area contributed by atoms with Crippen LogP contribution in [0, 0.1) is 11.3 Å². The molecule has 0 atom stereocenters. The second-order valence-corrected chi connectivity index (χ2v) is 4.62. The summed E-state index contributed by atoms with van der Waals surface area (Å²) in [6, 6.07) is 8.87. The summed E-state index contributed by atoms with van der Waals surface area (Å²) in [6.45, 7) is 3.11. The number of nitrogens with zero attached hydrogens (tertiary/aromatic N) is 2. The second-order valence-electron chi connectivity index (χ2n) is 3.76. The summed E-state index contributed by atoms with van der Waals surface area (Å²) in [4.78, 5) is 2.32. The molecule has 0 saturated heterocycles. The van der Waals surface area contributed by atoms with Crippen molar-refractivity contribution in [2.75, 3.05) is 11.4 Å². The third kappa shape index (κ3) is 2.00. The van der Waals surface area contributed by atoms with Crippen LogP contribution < -0.4 is 4.90 Å². The van der Waals surface area contributed by atoms with Gasteiger partial charge < -0.3 is 4.90 Å². The number of nitriles is 1. The van der Waals surface area contributed by atoms with Gasteiger partial charge in [-0.2, -0.15) is 5.26 Å². The first-order chi connectivity index (χ1) is 7.27. The van der Waals surface area contributed by atoms with Crippen LogP contribution in [0.2, 0.25) is 0 Å². The number of rotatable bonds is 3. The lowest BCUT2D eigenvalue weighted by Crippen LogP contribution is -2.25. The maximum Gasteiger partial charge on any atom is 0.103 e. The van der Waals surface area contributed by atoms with Gasteiger partial charge >= 0.3 is 0 Å². The highest BCUT2D eigenvalue weighted by molar-refractivity contribution is 9.10. The number of hydrogen-bond donors (Lipinski definition) is 0. The van der Waals surface area contributed by atoms with Crippen LogP contribution in [0.1, 0.15) is 25.3 Å². The number of halogens is 1. The Balaban J connectivity index is 2.41. The predicted molar refractivity (Wildman–Crippen MR) is 64.9 cm³/mol. The molecule has 2 nitrogen and oxygen atoms in total. The minimum atomic E-state index is 0.649. The molecule has 3 heteroatoms. The quantitative estimate of drug-likeness (QED) is 0.838. The van der Waals surface area contributed by atoms with E-state index in [0.717, 1.165) is 22.3 Å². The molecule has 0 spiro atoms. The highest BCUT2D eigenvalue weighted by atomic mass is 79.9. The van der Waals surface area contributed by atoms with Crippen molar-refractivity contribution < 1.29 is 0 Å². The Labute approximate surface area is 98.6 Å². The zero-order valence-corrected chi connectivity index (χ0v) is 10.3. The Kier molecular flexibility index (Phi) is 2.97. The molecule has 0 aromatic heterocycles. The Hall–Kier alpha value is -1.01. The minimum Gasteiger partial charge on any atom is -0.368 e. The van der Waals surface area contributed by atoms with E-state index in [1.807, 2.05) is 18.2 Å². The average Bonchev–Trinajstić information content (AvgIpc) is 3.04. The molecule has 0 unspecified atom stereocenters. The lowest BCUT2D eigenvalue weighted by Gasteiger charge is -2.24. The first-order valence-corrected chi connectivity index (χ1v) is 6.02. The Morgan fingerprint density at radius 1 is 1.53 bits per heavy atom. The summed E-state index contributed by atoms with van der Waals surface area (Å²) in [5, 5.41) is 9.14. The van der Waals surface area contributed by atoms with Crippen LogP contribution in [0.25, 0.3) is 0 Å². The van der Waals surface area contributed by atoms with Gasteiger partial charge in [0, 0.05) is 17.1 Å². The van der Waals surface area contributed by atoms with Crippen LogP contribution in [0.4, 0.5) is 5.69 Å². The van der Waals surface area contributed by atoms with Crippen LogP contribution in [-0.4, -0.2) is 12.6 Å². The molecule has 1 aromatic carbocycles. The SMILES string of the molecule is CCN(c1cccc(Br)c1C#N)C1CC1. The lowest BCUT2D eigenvalue weighted by atomic mass is 10.1. The van der Waals surface area contributed by atoms with E-state index in [-0.39, 0.29) is 0 Å². The lowest BCUT2D eigenvalue weighted by molar-refractivity contribution is 0.824. The van der Waals surface area contributed by atoms with E-state index < -0.39 is 0 Å². The van der Waals surface area contributed by atoms with Gasteiger partial charge in [0.25, 0.3) is 0 Å². The molecule has 78 valence electrons. The Morgan fingerprint density at radius 2 is 2.27 bits per heavy atom. The van der Waals surface area contributed by atoms with E-state index in [2.05, 4.69) is 33.8 Å². The fourth-order valence-corrected chi connectivity index (χ4v) is 2.32. The monoisotopic (exact) mass is 264 g/mol. The standard InChI is InChI=1S/C12H13BrN2/c1-2-15(9-6-7-9)12-5-3-4-11(13)10(12)8-14/h3-5,9H,2,6-7H2,1H3. The molecule has 0 bridgehead atoms. The van der Waals surface area contributed by atoms with Crippen molar-refractivity contribution in [2.45, 2.75) is 25.8 Å². The molecule has 0 aliphatic heterocycles. The summed E-state index contributed by atoms with van der Waals surface area (Å²) in [5.74, 6) is 0. The third-order valence-electron chi connectivity index (χ3n) is 2.74. The van der Waals surface area contributed by atoms with Gasteiger partial charge in [0.2, 0.25) is 0 Å². The van der Waals surface area contributed by atoms with Gasteiger partial charge in [-0.25, -0.2) is 0 Å². The largest absolute Gasteiger partial charge is 0.368 e. The van der Waals surface area contributed by atoms with Crippen LogP contribution in [0.3, 0.4) is 0 Å². The van der Waals surface area contributed by atoms with Crippen molar-refractivity contribution in [1.82, 2.24) is 0 Å². The highest BCUT2D eigenvalue weighted by Gasteiger charge is 2.29. The summed E-state index contributed by atoms with van der Waals surface area (Å²) < 4.78 is 0.890. The molecule has 0 heterocycles. The van der Waals surface area contributed by atoms with Gasteiger partial charge in [-0.15, -0.1) is 0 Å². The highest BCUT2D eigenvalue weighted by Crippen LogP contribution is 2.35. The molecule has 2 rings (SSSR count). The normalized spacial score (nSPS) is 14.7. The molecular formula is C12H13BrN2. The van der Waals surface area contributed by atoms with Crippen molar-refractivity contribution >= 4 is 21.6 Å². The molecule has 0 amide bonds. The van der Waals surface area contributed by atoms with E-state index in [4.69, 9.17) is 5.26 Å². The molecule has 1 fully saturated rings. The van der Waals surface area contributed by atoms with Crippen LogP contribution in [0.5, 0.6) is 0 Å². The smallest absolute Gasteiger partial charge is 0.103 e. The fourth-order valence-electron chi connectivity index (χ4n) is 1.87. The average molecular weight is 265 g/mol. The maximum atomic E-state index is 9.14. The van der Waals surface area contributed by atoms with Crippen LogP contribution in [0.15, 0.2) is 22.7 Å². The van der Waals surface area contributed by atoms with Crippen molar-refractivity contribution in [2.24, 2.45) is 0 Å². The van der Waals surface area contributed by atoms with E-state index in [0.29, 0.717) is 6.04 Å². The number of hydrogen-bond acceptors (Lipinski definition) is 2. The van der Waals surface area contributed by atoms with E-state index in [1.165, 1.54) is 12.8 Å². The summed E-state index contributed by atoms with van der Waals surface area (Å²) >= 11 is 3.43. The molecule has 1 saturated carbocycles. The molecule has 1 aliphatic rings. The van der Waals surface area contributed by atoms with E-state index in [1.54, 1.807) is 0 Å². The van der Waals surface area contributed by atoms with E-state index >= 15 is 0 Å².